The van der Waals surface area contributed by atoms with Crippen molar-refractivity contribution >= 4 is 16.9 Å². The number of hydrogen-bond acceptors (Lipinski definition) is 4. The molecule has 0 saturated carbocycles. The number of nitrogens with zero attached hydrogens (tertiary/aromatic N) is 5. The van der Waals surface area contributed by atoms with Gasteiger partial charge in [0, 0.05) is 37.4 Å². The van der Waals surface area contributed by atoms with Crippen molar-refractivity contribution in [3.8, 4) is 16.9 Å². The van der Waals surface area contributed by atoms with Crippen molar-refractivity contribution in [2.75, 3.05) is 32.3 Å². The van der Waals surface area contributed by atoms with Crippen LogP contribution >= 0.6 is 0 Å². The first-order chi connectivity index (χ1) is 16.4. The predicted molar refractivity (Wildman–Crippen MR) is 134 cm³/mol. The summed E-state index contributed by atoms with van der Waals surface area (Å²) in [7, 11) is 3.38. The summed E-state index contributed by atoms with van der Waals surface area (Å²) in [6.07, 6.45) is 3.12. The fourth-order valence-corrected chi connectivity index (χ4v) is 4.08. The molecule has 1 aromatic heterocycles. The number of hydrogen-bond donors (Lipinski definition) is 0. The van der Waals surface area contributed by atoms with E-state index in [0.717, 1.165) is 64.7 Å². The number of fused-ring (bicyclic) bond motifs is 1. The van der Waals surface area contributed by atoms with Crippen molar-refractivity contribution in [1.29, 1.82) is 0 Å². The van der Waals surface area contributed by atoms with Crippen LogP contribution in [0.4, 0.5) is 4.79 Å². The van der Waals surface area contributed by atoms with Gasteiger partial charge in [-0.25, -0.2) is 4.79 Å². The van der Waals surface area contributed by atoms with Gasteiger partial charge in [0.05, 0.1) is 20.8 Å². The Bertz CT molecular complexity index is 1180. The SMILES string of the molecule is COc1ccc2cc(-c3cc(C)[n+](N(C)C(=O)OCCCCCCN=[N+]=[N-])c(C)c3)ccc2c1. The molecule has 8 heteroatoms. The monoisotopic (exact) mass is 462 g/mol. The Morgan fingerprint density at radius 2 is 1.65 bits per heavy atom. The van der Waals surface area contributed by atoms with Crippen LogP contribution < -0.4 is 14.4 Å². The molecule has 2 aromatic carbocycles. The molecule has 34 heavy (non-hydrogen) atoms. The van der Waals surface area contributed by atoms with Gasteiger partial charge in [-0.1, -0.05) is 45.8 Å². The van der Waals surface area contributed by atoms with E-state index in [1.54, 1.807) is 14.2 Å². The molecule has 0 aliphatic rings. The number of aromatic nitrogens is 1. The predicted octanol–water partition coefficient (Wildman–Crippen LogP) is 5.99. The van der Waals surface area contributed by atoms with Crippen LogP contribution in [0.5, 0.6) is 5.75 Å². The molecule has 3 aromatic rings. The molecule has 0 atom stereocenters. The van der Waals surface area contributed by atoms with E-state index in [-0.39, 0.29) is 0 Å². The van der Waals surface area contributed by atoms with Crippen LogP contribution in [0.3, 0.4) is 0 Å². The normalized spacial score (nSPS) is 10.6. The minimum Gasteiger partial charge on any atom is -0.497 e. The Balaban J connectivity index is 1.66. The van der Waals surface area contributed by atoms with Gasteiger partial charge in [-0.3, -0.25) is 0 Å². The first kappa shape index (κ1) is 24.9. The van der Waals surface area contributed by atoms with E-state index in [1.807, 2.05) is 30.7 Å². The fraction of sp³-hybridized carbons (Fsp3) is 0.385. The van der Waals surface area contributed by atoms with Crippen LogP contribution in [-0.2, 0) is 4.74 Å². The van der Waals surface area contributed by atoms with Gasteiger partial charge in [0.15, 0.2) is 0 Å². The minimum atomic E-state index is -0.391. The molecule has 0 saturated heterocycles. The Morgan fingerprint density at radius 1 is 0.971 bits per heavy atom. The van der Waals surface area contributed by atoms with Crippen molar-refractivity contribution in [2.24, 2.45) is 5.11 Å². The first-order valence-electron chi connectivity index (χ1n) is 11.5. The summed E-state index contributed by atoms with van der Waals surface area (Å²) in [5.41, 5.74) is 12.3. The van der Waals surface area contributed by atoms with E-state index in [9.17, 15) is 4.79 Å². The summed E-state index contributed by atoms with van der Waals surface area (Å²) >= 11 is 0. The van der Waals surface area contributed by atoms with Crippen LogP contribution in [0.2, 0.25) is 0 Å². The summed E-state index contributed by atoms with van der Waals surface area (Å²) in [5, 5.41) is 7.29. The van der Waals surface area contributed by atoms with E-state index in [1.165, 1.54) is 5.01 Å². The maximum atomic E-state index is 12.6. The maximum absolute atomic E-state index is 12.6. The van der Waals surface area contributed by atoms with Gasteiger partial charge < -0.3 is 9.47 Å². The topological polar surface area (TPSA) is 91.4 Å². The molecular formula is C26H32N5O3+. The van der Waals surface area contributed by atoms with Gasteiger partial charge in [0.25, 0.3) is 0 Å². The zero-order chi connectivity index (χ0) is 24.5. The highest BCUT2D eigenvalue weighted by Gasteiger charge is 2.25. The summed E-state index contributed by atoms with van der Waals surface area (Å²) in [6, 6.07) is 16.6. The van der Waals surface area contributed by atoms with Crippen LogP contribution in [0, 0.1) is 13.8 Å². The molecule has 3 rings (SSSR count). The molecular weight excluding hydrogens is 430 g/mol. The third-order valence-electron chi connectivity index (χ3n) is 5.78. The van der Waals surface area contributed by atoms with Gasteiger partial charge >= 0.3 is 6.09 Å². The number of pyridine rings is 1. The third-order valence-corrected chi connectivity index (χ3v) is 5.78. The molecule has 0 radical (unpaired) electrons. The van der Waals surface area contributed by atoms with Crippen molar-refractivity contribution in [1.82, 2.24) is 0 Å². The highest BCUT2D eigenvalue weighted by molar-refractivity contribution is 5.88. The van der Waals surface area contributed by atoms with Crippen molar-refractivity contribution in [2.45, 2.75) is 39.5 Å². The molecule has 1 heterocycles. The van der Waals surface area contributed by atoms with Gasteiger partial charge in [-0.15, -0.1) is 0 Å². The molecule has 0 spiro atoms. The number of unbranched alkanes of at least 4 members (excludes halogenated alkanes) is 3. The largest absolute Gasteiger partial charge is 0.497 e. The van der Waals surface area contributed by atoms with E-state index < -0.39 is 6.09 Å². The number of ether oxygens (including phenoxy) is 2. The highest BCUT2D eigenvalue weighted by Crippen LogP contribution is 2.27. The second kappa shape index (κ2) is 11.9. The lowest BCUT2D eigenvalue weighted by molar-refractivity contribution is -0.692. The Hall–Kier alpha value is -3.77. The molecule has 0 unspecified atom stereocenters. The number of carbonyl (C=O) groups excluding carboxylic acids is 1. The van der Waals surface area contributed by atoms with Crippen LogP contribution in [0.1, 0.15) is 37.1 Å². The van der Waals surface area contributed by atoms with Crippen LogP contribution in [-0.4, -0.2) is 33.4 Å². The second-order valence-corrected chi connectivity index (χ2v) is 8.27. The standard InChI is InChI=1S/C26H32N5O3/c1-19-15-24(22-9-10-23-18-25(33-4)12-11-21(23)17-22)16-20(2)31(19)30(3)26(32)34-14-8-6-5-7-13-28-29-27/h9-12,15-18H,5-8,13-14H2,1-4H3/q+1. The van der Waals surface area contributed by atoms with Crippen LogP contribution in [0.25, 0.3) is 32.3 Å². The molecule has 0 N–H and O–H groups in total. The van der Waals surface area contributed by atoms with Crippen molar-refractivity contribution in [3.05, 3.63) is 70.4 Å². The fourth-order valence-electron chi connectivity index (χ4n) is 4.08. The summed E-state index contributed by atoms with van der Waals surface area (Å²) < 4.78 is 12.6. The zero-order valence-corrected chi connectivity index (χ0v) is 20.3. The van der Waals surface area contributed by atoms with E-state index in [2.05, 4.69) is 46.4 Å². The number of carbonyl (C=O) groups is 1. The minimum absolute atomic E-state index is 0.364. The Morgan fingerprint density at radius 3 is 2.35 bits per heavy atom. The molecule has 0 bridgehead atoms. The van der Waals surface area contributed by atoms with Crippen LogP contribution in [0.15, 0.2) is 53.6 Å². The number of benzene rings is 2. The van der Waals surface area contributed by atoms with Gasteiger partial charge in [-0.05, 0) is 58.5 Å². The first-order valence-corrected chi connectivity index (χ1v) is 11.5. The molecule has 178 valence electrons. The average Bonchev–Trinajstić information content (AvgIpc) is 2.84. The van der Waals surface area contributed by atoms with E-state index in [4.69, 9.17) is 15.0 Å². The molecule has 0 aliphatic carbocycles. The Labute approximate surface area is 200 Å². The van der Waals surface area contributed by atoms with Gasteiger partial charge in [-0.2, -0.15) is 0 Å². The smallest absolute Gasteiger partial charge is 0.463 e. The number of methoxy groups -OCH3 is 1. The number of aryl methyl sites for hydroxylation is 2. The number of azide groups is 1. The van der Waals surface area contributed by atoms with Crippen molar-refractivity contribution < 1.29 is 18.9 Å². The molecule has 0 aliphatic heterocycles. The average molecular weight is 463 g/mol. The lowest BCUT2D eigenvalue weighted by Crippen LogP contribution is -2.62. The summed E-state index contributed by atoms with van der Waals surface area (Å²) in [5.74, 6) is 0.841. The van der Waals surface area contributed by atoms with Crippen molar-refractivity contribution in [3.63, 3.8) is 0 Å². The van der Waals surface area contributed by atoms with E-state index >= 15 is 0 Å². The quantitative estimate of drug-likeness (QED) is 0.122. The summed E-state index contributed by atoms with van der Waals surface area (Å²) in [4.78, 5) is 15.3. The zero-order valence-electron chi connectivity index (χ0n) is 20.3. The Kier molecular flexibility index (Phi) is 8.71. The lowest BCUT2D eigenvalue weighted by atomic mass is 10.0. The molecule has 8 nitrogen and oxygen atoms in total. The summed E-state index contributed by atoms with van der Waals surface area (Å²) in [6.45, 7) is 4.84. The number of amides is 1. The molecule has 1 amide bonds. The van der Waals surface area contributed by atoms with Gasteiger partial charge in [0.2, 0.25) is 11.4 Å². The maximum Gasteiger partial charge on any atom is 0.463 e. The van der Waals surface area contributed by atoms with Gasteiger partial charge in [0.1, 0.15) is 5.75 Å². The lowest BCUT2D eigenvalue weighted by Gasteiger charge is -2.15. The molecule has 0 fully saturated rings. The third kappa shape index (κ3) is 6.17. The number of rotatable bonds is 10. The highest BCUT2D eigenvalue weighted by atomic mass is 16.6. The second-order valence-electron chi connectivity index (χ2n) is 8.27. The van der Waals surface area contributed by atoms with E-state index in [0.29, 0.717) is 13.2 Å².